The second kappa shape index (κ2) is 6.36. The summed E-state index contributed by atoms with van der Waals surface area (Å²) in [4.78, 5) is 20.0. The van der Waals surface area contributed by atoms with Crippen molar-refractivity contribution >= 4 is 45.3 Å². The van der Waals surface area contributed by atoms with E-state index in [9.17, 15) is 4.79 Å². The third-order valence-electron chi connectivity index (χ3n) is 2.14. The van der Waals surface area contributed by atoms with Crippen LogP contribution in [0.2, 0.25) is 5.02 Å². The number of benzene rings is 1. The van der Waals surface area contributed by atoms with E-state index in [1.54, 1.807) is 18.2 Å². The minimum absolute atomic E-state index is 0.0526. The molecule has 2 rings (SSSR count). The first-order chi connectivity index (χ1) is 9.11. The second-order valence-corrected chi connectivity index (χ2v) is 5.41. The highest BCUT2D eigenvalue weighted by Crippen LogP contribution is 2.25. The fraction of sp³-hybridized carbons (Fsp3) is 0.0833. The van der Waals surface area contributed by atoms with Gasteiger partial charge in [0.15, 0.2) is 10.9 Å². The molecule has 0 aliphatic rings. The van der Waals surface area contributed by atoms with Crippen molar-refractivity contribution in [3.8, 4) is 5.75 Å². The van der Waals surface area contributed by atoms with Crippen molar-refractivity contribution in [3.05, 3.63) is 45.7 Å². The van der Waals surface area contributed by atoms with Crippen LogP contribution in [0.15, 0.2) is 40.1 Å². The van der Waals surface area contributed by atoms with E-state index in [4.69, 9.17) is 16.3 Å². The van der Waals surface area contributed by atoms with Gasteiger partial charge in [0.1, 0.15) is 5.75 Å². The fourth-order valence-corrected chi connectivity index (χ4v) is 2.14. The number of halogens is 2. The Labute approximate surface area is 127 Å². The topological polar surface area (TPSA) is 52.1 Å². The van der Waals surface area contributed by atoms with Crippen molar-refractivity contribution in [2.75, 3.05) is 6.26 Å². The molecule has 7 heteroatoms. The van der Waals surface area contributed by atoms with Crippen LogP contribution in [0.3, 0.4) is 0 Å². The first kappa shape index (κ1) is 14.3. The molecule has 1 aromatic heterocycles. The number of thioether (sulfide) groups is 1. The Morgan fingerprint density at radius 2 is 2.16 bits per heavy atom. The zero-order valence-corrected chi connectivity index (χ0v) is 12.9. The molecule has 0 N–H and O–H groups in total. The quantitative estimate of drug-likeness (QED) is 0.361. The van der Waals surface area contributed by atoms with Gasteiger partial charge in [0, 0.05) is 0 Å². The Morgan fingerprint density at radius 3 is 2.84 bits per heavy atom. The van der Waals surface area contributed by atoms with Gasteiger partial charge >= 0.3 is 5.97 Å². The molecule has 0 atom stereocenters. The highest BCUT2D eigenvalue weighted by Gasteiger charge is 2.17. The summed E-state index contributed by atoms with van der Waals surface area (Å²) in [6.07, 6.45) is 3.20. The van der Waals surface area contributed by atoms with Crippen molar-refractivity contribution in [2.24, 2.45) is 0 Å². The van der Waals surface area contributed by atoms with Gasteiger partial charge in [-0.15, -0.1) is 0 Å². The number of nitrogens with zero attached hydrogens (tertiary/aromatic N) is 2. The predicted molar refractivity (Wildman–Crippen MR) is 77.9 cm³/mol. The van der Waals surface area contributed by atoms with Crippen molar-refractivity contribution in [2.45, 2.75) is 5.16 Å². The molecule has 0 amide bonds. The third kappa shape index (κ3) is 3.46. The monoisotopic (exact) mass is 358 g/mol. The summed E-state index contributed by atoms with van der Waals surface area (Å²) in [5, 5.41) is 0.623. The molecule has 0 fully saturated rings. The maximum absolute atomic E-state index is 12.0. The van der Waals surface area contributed by atoms with Crippen molar-refractivity contribution in [1.82, 2.24) is 9.97 Å². The van der Waals surface area contributed by atoms with Crippen molar-refractivity contribution in [3.63, 3.8) is 0 Å². The molecule has 4 nitrogen and oxygen atoms in total. The molecule has 98 valence electrons. The maximum Gasteiger partial charge on any atom is 0.364 e. The molecule has 0 spiro atoms. The molecule has 1 aromatic carbocycles. The van der Waals surface area contributed by atoms with Crippen LogP contribution >= 0.6 is 39.3 Å². The molecule has 1 heterocycles. The zero-order chi connectivity index (χ0) is 13.8. The van der Waals surface area contributed by atoms with Gasteiger partial charge in [-0.3, -0.25) is 0 Å². The SMILES string of the molecule is CSc1ncc(Cl)c(C(=O)Oc2ccccc2Br)n1. The van der Waals surface area contributed by atoms with Gasteiger partial charge in [-0.25, -0.2) is 14.8 Å². The van der Waals surface area contributed by atoms with E-state index in [0.29, 0.717) is 15.4 Å². The van der Waals surface area contributed by atoms with Crippen molar-refractivity contribution < 1.29 is 9.53 Å². The lowest BCUT2D eigenvalue weighted by atomic mass is 10.3. The summed E-state index contributed by atoms with van der Waals surface area (Å²) in [5.74, 6) is -0.206. The maximum atomic E-state index is 12.0. The molecular weight excluding hydrogens is 352 g/mol. The van der Waals surface area contributed by atoms with Crippen LogP contribution in [0.5, 0.6) is 5.75 Å². The lowest BCUT2D eigenvalue weighted by Gasteiger charge is -2.07. The number of aromatic nitrogens is 2. The van der Waals surface area contributed by atoms with E-state index >= 15 is 0 Å². The lowest BCUT2D eigenvalue weighted by molar-refractivity contribution is 0.0726. The summed E-state index contributed by atoms with van der Waals surface area (Å²) < 4.78 is 5.92. The lowest BCUT2D eigenvalue weighted by Crippen LogP contribution is -2.12. The Bertz CT molecular complexity index is 624. The van der Waals surface area contributed by atoms with Crippen molar-refractivity contribution in [1.29, 1.82) is 0 Å². The molecule has 0 bridgehead atoms. The number of hydrogen-bond donors (Lipinski definition) is 0. The van der Waals surface area contributed by atoms with Gasteiger partial charge in [0.25, 0.3) is 0 Å². The van der Waals surface area contributed by atoms with Crippen LogP contribution in [0.1, 0.15) is 10.5 Å². The Kier molecular flexibility index (Phi) is 4.79. The highest BCUT2D eigenvalue weighted by molar-refractivity contribution is 9.10. The van der Waals surface area contributed by atoms with Crippen LogP contribution in [0.25, 0.3) is 0 Å². The van der Waals surface area contributed by atoms with Gasteiger partial charge in [-0.05, 0) is 34.3 Å². The van der Waals surface area contributed by atoms with E-state index in [1.165, 1.54) is 18.0 Å². The molecule has 2 aromatic rings. The fourth-order valence-electron chi connectivity index (χ4n) is 1.27. The number of ether oxygens (including phenoxy) is 1. The van der Waals surface area contributed by atoms with Crippen LogP contribution in [-0.4, -0.2) is 22.2 Å². The van der Waals surface area contributed by atoms with Gasteiger partial charge in [-0.1, -0.05) is 35.5 Å². The number of carbonyl (C=O) groups is 1. The molecule has 0 aliphatic carbocycles. The molecule has 0 radical (unpaired) electrons. The van der Waals surface area contributed by atoms with Gasteiger partial charge < -0.3 is 4.74 Å². The average molecular weight is 360 g/mol. The standard InChI is InChI=1S/C12H8BrClN2O2S/c1-19-12-15-6-8(14)10(16-12)11(17)18-9-5-3-2-4-7(9)13/h2-6H,1H3. The molecule has 0 saturated carbocycles. The second-order valence-electron chi connectivity index (χ2n) is 3.37. The Morgan fingerprint density at radius 1 is 1.42 bits per heavy atom. The van der Waals surface area contributed by atoms with Gasteiger partial charge in [0.2, 0.25) is 0 Å². The average Bonchev–Trinajstić information content (AvgIpc) is 2.42. The van der Waals surface area contributed by atoms with E-state index < -0.39 is 5.97 Å². The summed E-state index contributed by atoms with van der Waals surface area (Å²) in [7, 11) is 0. The molecule has 0 saturated heterocycles. The van der Waals surface area contributed by atoms with E-state index in [0.717, 1.165) is 0 Å². The third-order valence-corrected chi connectivity index (χ3v) is 3.63. The van der Waals surface area contributed by atoms with Crippen LogP contribution in [0, 0.1) is 0 Å². The van der Waals surface area contributed by atoms with Gasteiger partial charge in [0.05, 0.1) is 15.7 Å². The van der Waals surface area contributed by atoms with Crippen LogP contribution in [-0.2, 0) is 0 Å². The number of hydrogen-bond acceptors (Lipinski definition) is 5. The minimum Gasteiger partial charge on any atom is -0.421 e. The Balaban J connectivity index is 2.28. The summed E-state index contributed by atoms with van der Waals surface area (Å²) in [6, 6.07) is 7.04. The minimum atomic E-state index is -0.616. The van der Waals surface area contributed by atoms with Crippen LogP contribution < -0.4 is 4.74 Å². The number of carbonyl (C=O) groups excluding carboxylic acids is 1. The number of para-hydroxylation sites is 1. The normalized spacial score (nSPS) is 10.3. The van der Waals surface area contributed by atoms with E-state index in [-0.39, 0.29) is 10.7 Å². The summed E-state index contributed by atoms with van der Waals surface area (Å²) >= 11 is 10.5. The highest BCUT2D eigenvalue weighted by atomic mass is 79.9. The molecule has 19 heavy (non-hydrogen) atoms. The predicted octanol–water partition coefficient (Wildman–Crippen LogP) is 3.83. The first-order valence-corrected chi connectivity index (χ1v) is 7.54. The first-order valence-electron chi connectivity index (χ1n) is 5.15. The van der Waals surface area contributed by atoms with E-state index in [2.05, 4.69) is 25.9 Å². The number of esters is 1. The largest absolute Gasteiger partial charge is 0.421 e. The number of rotatable bonds is 3. The zero-order valence-electron chi connectivity index (χ0n) is 9.76. The molecule has 0 unspecified atom stereocenters. The summed E-state index contributed by atoms with van der Waals surface area (Å²) in [6.45, 7) is 0. The van der Waals surface area contributed by atoms with Gasteiger partial charge in [-0.2, -0.15) is 0 Å². The smallest absolute Gasteiger partial charge is 0.364 e. The molecule has 0 aliphatic heterocycles. The van der Waals surface area contributed by atoms with E-state index in [1.807, 2.05) is 12.3 Å². The summed E-state index contributed by atoms with van der Waals surface area (Å²) in [5.41, 5.74) is 0.0526. The Hall–Kier alpha value is -1.11. The molecular formula is C12H8BrClN2O2S. The van der Waals surface area contributed by atoms with Crippen LogP contribution in [0.4, 0.5) is 0 Å².